The van der Waals surface area contributed by atoms with Crippen molar-refractivity contribution in [2.24, 2.45) is 5.41 Å². The first-order valence-electron chi connectivity index (χ1n) is 6.72. The van der Waals surface area contributed by atoms with Gasteiger partial charge in [0.05, 0.1) is 17.6 Å². The van der Waals surface area contributed by atoms with E-state index in [1.165, 1.54) is 0 Å². The maximum atomic E-state index is 5.78. The van der Waals surface area contributed by atoms with Gasteiger partial charge in [-0.2, -0.15) is 0 Å². The van der Waals surface area contributed by atoms with Crippen molar-refractivity contribution in [3.63, 3.8) is 0 Å². The van der Waals surface area contributed by atoms with Crippen molar-refractivity contribution in [2.45, 2.75) is 40.3 Å². The molecule has 1 heterocycles. The molecule has 0 aliphatic heterocycles. The number of H-pyrrole nitrogens is 1. The van der Waals surface area contributed by atoms with Gasteiger partial charge in [0.2, 0.25) is 0 Å². The molecule has 1 aromatic carbocycles. The summed E-state index contributed by atoms with van der Waals surface area (Å²) >= 11 is 0. The SMILES string of the molecule is CC(N(C)Cc1nc2ccc(N)cc2[nH]1)C(C)(C)C. The van der Waals surface area contributed by atoms with Crippen LogP contribution in [0.1, 0.15) is 33.5 Å². The summed E-state index contributed by atoms with van der Waals surface area (Å²) in [4.78, 5) is 10.3. The van der Waals surface area contributed by atoms with Gasteiger partial charge in [-0.15, -0.1) is 0 Å². The summed E-state index contributed by atoms with van der Waals surface area (Å²) in [6.45, 7) is 9.84. The van der Waals surface area contributed by atoms with E-state index in [1.54, 1.807) is 0 Å². The number of anilines is 1. The topological polar surface area (TPSA) is 57.9 Å². The first-order valence-corrected chi connectivity index (χ1v) is 6.72. The van der Waals surface area contributed by atoms with Gasteiger partial charge in [0.25, 0.3) is 0 Å². The number of nitrogens with zero attached hydrogens (tertiary/aromatic N) is 2. The third kappa shape index (κ3) is 3.07. The highest BCUT2D eigenvalue weighted by Gasteiger charge is 2.24. The molecule has 1 aromatic heterocycles. The molecule has 0 aliphatic carbocycles. The minimum absolute atomic E-state index is 0.255. The number of aromatic amines is 1. The summed E-state index contributed by atoms with van der Waals surface area (Å²) < 4.78 is 0. The van der Waals surface area contributed by atoms with Gasteiger partial charge >= 0.3 is 0 Å². The monoisotopic (exact) mass is 260 g/mol. The molecular formula is C15H24N4. The van der Waals surface area contributed by atoms with Crippen LogP contribution in [0.4, 0.5) is 5.69 Å². The number of aromatic nitrogens is 2. The van der Waals surface area contributed by atoms with E-state index in [0.717, 1.165) is 29.1 Å². The summed E-state index contributed by atoms with van der Waals surface area (Å²) in [5.41, 5.74) is 8.78. The number of rotatable bonds is 3. The number of fused-ring (bicyclic) bond motifs is 1. The number of nitrogen functional groups attached to an aromatic ring is 1. The molecule has 0 bridgehead atoms. The van der Waals surface area contributed by atoms with Crippen LogP contribution in [0.3, 0.4) is 0 Å². The van der Waals surface area contributed by atoms with Crippen LogP contribution in [-0.4, -0.2) is 28.0 Å². The van der Waals surface area contributed by atoms with Crippen molar-refractivity contribution in [1.29, 1.82) is 0 Å². The Kier molecular flexibility index (Phi) is 3.54. The first kappa shape index (κ1) is 13.9. The number of hydrogen-bond donors (Lipinski definition) is 2. The van der Waals surface area contributed by atoms with E-state index < -0.39 is 0 Å². The van der Waals surface area contributed by atoms with Gasteiger partial charge in [0.15, 0.2) is 0 Å². The molecule has 2 rings (SSSR count). The Morgan fingerprint density at radius 3 is 2.68 bits per heavy atom. The number of nitrogens with one attached hydrogen (secondary N) is 1. The molecule has 4 heteroatoms. The van der Waals surface area contributed by atoms with Crippen molar-refractivity contribution in [2.75, 3.05) is 12.8 Å². The second kappa shape index (κ2) is 4.85. The fraction of sp³-hybridized carbons (Fsp3) is 0.533. The Bertz CT molecular complexity index is 565. The maximum Gasteiger partial charge on any atom is 0.121 e. The van der Waals surface area contributed by atoms with Gasteiger partial charge in [-0.3, -0.25) is 4.90 Å². The highest BCUT2D eigenvalue weighted by atomic mass is 15.2. The minimum atomic E-state index is 0.255. The van der Waals surface area contributed by atoms with E-state index in [-0.39, 0.29) is 5.41 Å². The van der Waals surface area contributed by atoms with Gasteiger partial charge in [-0.05, 0) is 37.6 Å². The average Bonchev–Trinajstić information content (AvgIpc) is 2.67. The van der Waals surface area contributed by atoms with Crippen LogP contribution in [-0.2, 0) is 6.54 Å². The molecule has 0 saturated carbocycles. The quantitative estimate of drug-likeness (QED) is 0.834. The largest absolute Gasteiger partial charge is 0.399 e. The summed E-state index contributed by atoms with van der Waals surface area (Å²) in [7, 11) is 2.14. The fourth-order valence-electron chi connectivity index (χ4n) is 2.19. The Morgan fingerprint density at radius 1 is 1.37 bits per heavy atom. The smallest absolute Gasteiger partial charge is 0.121 e. The molecule has 19 heavy (non-hydrogen) atoms. The van der Waals surface area contributed by atoms with E-state index in [1.807, 2.05) is 18.2 Å². The van der Waals surface area contributed by atoms with Crippen LogP contribution in [0.2, 0.25) is 0 Å². The molecule has 1 atom stereocenters. The average molecular weight is 260 g/mol. The van der Waals surface area contributed by atoms with Crippen LogP contribution in [0.5, 0.6) is 0 Å². The van der Waals surface area contributed by atoms with Gasteiger partial charge in [-0.25, -0.2) is 4.98 Å². The summed E-state index contributed by atoms with van der Waals surface area (Å²) in [5.74, 6) is 0.985. The molecule has 0 fully saturated rings. The second-order valence-corrected chi connectivity index (χ2v) is 6.42. The van der Waals surface area contributed by atoms with E-state index in [9.17, 15) is 0 Å². The van der Waals surface area contributed by atoms with Crippen LogP contribution in [0, 0.1) is 5.41 Å². The van der Waals surface area contributed by atoms with Crippen LogP contribution < -0.4 is 5.73 Å². The molecule has 0 radical (unpaired) electrons. The van der Waals surface area contributed by atoms with Crippen molar-refractivity contribution >= 4 is 16.7 Å². The lowest BCUT2D eigenvalue weighted by atomic mass is 9.87. The number of hydrogen-bond acceptors (Lipinski definition) is 3. The molecule has 104 valence electrons. The van der Waals surface area contributed by atoms with Crippen molar-refractivity contribution in [1.82, 2.24) is 14.9 Å². The van der Waals surface area contributed by atoms with Crippen LogP contribution in [0.25, 0.3) is 11.0 Å². The van der Waals surface area contributed by atoms with E-state index >= 15 is 0 Å². The summed E-state index contributed by atoms with van der Waals surface area (Å²) in [5, 5.41) is 0. The predicted molar refractivity (Wildman–Crippen MR) is 80.9 cm³/mol. The predicted octanol–water partition coefficient (Wildman–Crippen LogP) is 3.01. The summed E-state index contributed by atoms with van der Waals surface area (Å²) in [6, 6.07) is 6.25. The first-order chi connectivity index (χ1) is 8.77. The minimum Gasteiger partial charge on any atom is -0.399 e. The van der Waals surface area contributed by atoms with Gasteiger partial charge in [-0.1, -0.05) is 20.8 Å². The highest BCUT2D eigenvalue weighted by molar-refractivity contribution is 5.78. The van der Waals surface area contributed by atoms with E-state index in [2.05, 4.69) is 49.6 Å². The summed E-state index contributed by atoms with van der Waals surface area (Å²) in [6.07, 6.45) is 0. The lowest BCUT2D eigenvalue weighted by Crippen LogP contribution is -2.39. The van der Waals surface area contributed by atoms with Crippen molar-refractivity contribution < 1.29 is 0 Å². The van der Waals surface area contributed by atoms with E-state index in [0.29, 0.717) is 6.04 Å². The second-order valence-electron chi connectivity index (χ2n) is 6.42. The standard InChI is InChI=1S/C15H24N4/c1-10(15(2,3)4)19(5)9-14-17-12-7-6-11(16)8-13(12)18-14/h6-8,10H,9,16H2,1-5H3,(H,17,18). The lowest BCUT2D eigenvalue weighted by molar-refractivity contribution is 0.132. The fourth-order valence-corrected chi connectivity index (χ4v) is 2.19. The molecule has 4 nitrogen and oxygen atoms in total. The van der Waals surface area contributed by atoms with Crippen molar-refractivity contribution in [3.8, 4) is 0 Å². The van der Waals surface area contributed by atoms with Gasteiger partial charge < -0.3 is 10.7 Å². The Morgan fingerprint density at radius 2 is 2.05 bits per heavy atom. The lowest BCUT2D eigenvalue weighted by Gasteiger charge is -2.34. The van der Waals surface area contributed by atoms with Crippen molar-refractivity contribution in [3.05, 3.63) is 24.0 Å². The molecule has 0 aliphatic rings. The third-order valence-electron chi connectivity index (χ3n) is 3.87. The zero-order valence-electron chi connectivity index (χ0n) is 12.5. The Hall–Kier alpha value is -1.55. The number of nitrogens with two attached hydrogens (primary N) is 1. The van der Waals surface area contributed by atoms with Gasteiger partial charge in [0.1, 0.15) is 5.82 Å². The molecule has 3 N–H and O–H groups in total. The van der Waals surface area contributed by atoms with Crippen LogP contribution in [0.15, 0.2) is 18.2 Å². The third-order valence-corrected chi connectivity index (χ3v) is 3.87. The van der Waals surface area contributed by atoms with Crippen LogP contribution >= 0.6 is 0 Å². The molecule has 2 aromatic rings. The van der Waals surface area contributed by atoms with E-state index in [4.69, 9.17) is 5.73 Å². The molecule has 0 amide bonds. The number of imidazole rings is 1. The molecule has 1 unspecified atom stereocenters. The molecule has 0 spiro atoms. The zero-order valence-corrected chi connectivity index (χ0v) is 12.5. The Balaban J connectivity index is 2.17. The number of benzene rings is 1. The normalized spacial score (nSPS) is 14.2. The maximum absolute atomic E-state index is 5.78. The zero-order chi connectivity index (χ0) is 14.2. The molecule has 0 saturated heterocycles. The van der Waals surface area contributed by atoms with Gasteiger partial charge in [0, 0.05) is 11.7 Å². The highest BCUT2D eigenvalue weighted by Crippen LogP contribution is 2.24. The molecular weight excluding hydrogens is 236 g/mol. The Labute approximate surface area is 115 Å².